The van der Waals surface area contributed by atoms with Gasteiger partial charge in [-0.1, -0.05) is 24.3 Å². The molecule has 0 aliphatic rings. The highest BCUT2D eigenvalue weighted by Gasteiger charge is 2.15. The third-order valence-electron chi connectivity index (χ3n) is 4.25. The Balaban J connectivity index is 1.79. The van der Waals surface area contributed by atoms with Crippen molar-refractivity contribution in [2.24, 2.45) is 7.05 Å². The van der Waals surface area contributed by atoms with Gasteiger partial charge in [0.15, 0.2) is 0 Å². The first-order chi connectivity index (χ1) is 12.9. The van der Waals surface area contributed by atoms with Crippen LogP contribution in [-0.2, 0) is 11.8 Å². The molecule has 0 aliphatic heterocycles. The average Bonchev–Trinajstić information content (AvgIpc) is 2.65. The van der Waals surface area contributed by atoms with Crippen molar-refractivity contribution < 1.29 is 9.72 Å². The molecule has 0 bridgehead atoms. The minimum absolute atomic E-state index is 0.0435. The van der Waals surface area contributed by atoms with Gasteiger partial charge < -0.3 is 9.88 Å². The second-order valence-corrected chi connectivity index (χ2v) is 6.98. The number of thioether (sulfide) groups is 1. The molecule has 0 saturated heterocycles. The summed E-state index contributed by atoms with van der Waals surface area (Å²) in [5.41, 5.74) is 1.41. The molecule has 2 aromatic carbocycles. The number of amides is 1. The molecular weight excluding hydrogens is 366 g/mol. The number of pyridine rings is 1. The zero-order valence-electron chi connectivity index (χ0n) is 14.8. The lowest BCUT2D eigenvalue weighted by Crippen LogP contribution is -2.17. The van der Waals surface area contributed by atoms with Crippen LogP contribution in [0, 0.1) is 17.0 Å². The van der Waals surface area contributed by atoms with Gasteiger partial charge in [-0.05, 0) is 19.1 Å². The summed E-state index contributed by atoms with van der Waals surface area (Å²) in [5, 5.41) is 14.6. The van der Waals surface area contributed by atoms with Gasteiger partial charge in [-0.2, -0.15) is 0 Å². The van der Waals surface area contributed by atoms with E-state index in [1.54, 1.807) is 24.6 Å². The molecule has 8 heteroatoms. The van der Waals surface area contributed by atoms with Gasteiger partial charge in [0.1, 0.15) is 0 Å². The summed E-state index contributed by atoms with van der Waals surface area (Å²) in [6.45, 7) is 1.59. The Morgan fingerprint density at radius 1 is 1.22 bits per heavy atom. The van der Waals surface area contributed by atoms with Crippen LogP contribution in [-0.4, -0.2) is 21.2 Å². The summed E-state index contributed by atoms with van der Waals surface area (Å²) in [6.07, 6.45) is 0. The van der Waals surface area contributed by atoms with Gasteiger partial charge in [0.2, 0.25) is 5.91 Å². The van der Waals surface area contributed by atoms with Crippen molar-refractivity contribution in [3.8, 4) is 0 Å². The van der Waals surface area contributed by atoms with E-state index < -0.39 is 4.92 Å². The third kappa shape index (κ3) is 3.85. The molecule has 1 heterocycles. The molecule has 1 aromatic heterocycles. The number of nitrogens with one attached hydrogen (secondary N) is 1. The molecule has 0 unspecified atom stereocenters. The summed E-state index contributed by atoms with van der Waals surface area (Å²) < 4.78 is 1.56. The lowest BCUT2D eigenvalue weighted by atomic mass is 10.1. The summed E-state index contributed by atoms with van der Waals surface area (Å²) >= 11 is 1.26. The van der Waals surface area contributed by atoms with Crippen LogP contribution in [0.3, 0.4) is 0 Å². The van der Waals surface area contributed by atoms with Crippen LogP contribution >= 0.6 is 11.8 Å². The number of fused-ring (bicyclic) bond motifs is 1. The molecule has 0 spiro atoms. The van der Waals surface area contributed by atoms with Crippen molar-refractivity contribution in [3.63, 3.8) is 0 Å². The Labute approximate surface area is 159 Å². The van der Waals surface area contributed by atoms with E-state index in [0.717, 1.165) is 15.8 Å². The summed E-state index contributed by atoms with van der Waals surface area (Å²) in [4.78, 5) is 35.7. The van der Waals surface area contributed by atoms with Gasteiger partial charge >= 0.3 is 0 Å². The van der Waals surface area contributed by atoms with E-state index in [0.29, 0.717) is 11.3 Å². The predicted octanol–water partition coefficient (Wildman–Crippen LogP) is 3.49. The van der Waals surface area contributed by atoms with Crippen LogP contribution in [0.1, 0.15) is 5.56 Å². The number of nitro groups is 1. The molecule has 138 valence electrons. The zero-order chi connectivity index (χ0) is 19.6. The lowest BCUT2D eigenvalue weighted by molar-refractivity contribution is -0.385. The highest BCUT2D eigenvalue weighted by molar-refractivity contribution is 8.00. The van der Waals surface area contributed by atoms with Gasteiger partial charge in [0.25, 0.3) is 11.2 Å². The van der Waals surface area contributed by atoms with E-state index in [9.17, 15) is 19.7 Å². The lowest BCUT2D eigenvalue weighted by Gasteiger charge is -2.11. The fraction of sp³-hybridized carbons (Fsp3) is 0.158. The minimum Gasteiger partial charge on any atom is -0.325 e. The van der Waals surface area contributed by atoms with Gasteiger partial charge in [0, 0.05) is 29.5 Å². The molecular formula is C19H17N3O4S. The highest BCUT2D eigenvalue weighted by atomic mass is 32.2. The standard InChI is InChI=1S/C19H17N3O4S/c1-12-14(7-5-9-15(12)22(25)26)20-18(23)11-27-17-10-19(24)21(2)16-8-4-3-6-13(16)17/h3-10H,11H2,1-2H3,(H,20,23). The normalized spacial score (nSPS) is 10.7. The van der Waals surface area contributed by atoms with Gasteiger partial charge in [-0.15, -0.1) is 11.8 Å². The van der Waals surface area contributed by atoms with E-state index in [2.05, 4.69) is 5.32 Å². The number of para-hydroxylation sites is 1. The van der Waals surface area contributed by atoms with Crippen molar-refractivity contribution in [1.29, 1.82) is 0 Å². The maximum Gasteiger partial charge on any atom is 0.274 e. The van der Waals surface area contributed by atoms with Crippen LogP contribution < -0.4 is 10.9 Å². The van der Waals surface area contributed by atoms with Crippen molar-refractivity contribution >= 4 is 39.9 Å². The van der Waals surface area contributed by atoms with Crippen molar-refractivity contribution in [2.75, 3.05) is 11.1 Å². The number of carbonyl (C=O) groups is 1. The largest absolute Gasteiger partial charge is 0.325 e. The first kappa shape index (κ1) is 18.7. The van der Waals surface area contributed by atoms with E-state index in [1.807, 2.05) is 24.3 Å². The Bertz CT molecular complexity index is 1110. The molecule has 1 N–H and O–H groups in total. The number of carbonyl (C=O) groups excluding carboxylic acids is 1. The molecule has 3 aromatic rings. The quantitative estimate of drug-likeness (QED) is 0.413. The SMILES string of the molecule is Cc1c(NC(=O)CSc2cc(=O)n(C)c3ccccc23)cccc1[N+](=O)[O-]. The van der Waals surface area contributed by atoms with E-state index >= 15 is 0 Å². The smallest absolute Gasteiger partial charge is 0.274 e. The van der Waals surface area contributed by atoms with Gasteiger partial charge in [0.05, 0.1) is 27.4 Å². The molecule has 0 aliphatic carbocycles. The van der Waals surface area contributed by atoms with Gasteiger partial charge in [-0.25, -0.2) is 0 Å². The molecule has 0 atom stereocenters. The molecule has 3 rings (SSSR count). The molecule has 7 nitrogen and oxygen atoms in total. The van der Waals surface area contributed by atoms with Crippen LogP contribution in [0.15, 0.2) is 58.2 Å². The number of aromatic nitrogens is 1. The summed E-state index contributed by atoms with van der Waals surface area (Å²) in [6, 6.07) is 13.6. The first-order valence-corrected chi connectivity index (χ1v) is 9.12. The number of nitro benzene ring substituents is 1. The second-order valence-electron chi connectivity index (χ2n) is 5.97. The van der Waals surface area contributed by atoms with Crippen molar-refractivity contribution in [1.82, 2.24) is 4.57 Å². The minimum atomic E-state index is -0.481. The van der Waals surface area contributed by atoms with E-state index in [1.165, 1.54) is 30.0 Å². The Morgan fingerprint density at radius 3 is 2.70 bits per heavy atom. The van der Waals surface area contributed by atoms with Crippen LogP contribution in [0.4, 0.5) is 11.4 Å². The molecule has 0 radical (unpaired) electrons. The molecule has 0 saturated carbocycles. The number of nitrogens with zero attached hydrogens (tertiary/aromatic N) is 2. The summed E-state index contributed by atoms with van der Waals surface area (Å²) in [7, 11) is 1.71. The van der Waals surface area contributed by atoms with Crippen LogP contribution in [0.25, 0.3) is 10.9 Å². The zero-order valence-corrected chi connectivity index (χ0v) is 15.6. The molecule has 0 fully saturated rings. The van der Waals surface area contributed by atoms with Crippen LogP contribution in [0.2, 0.25) is 0 Å². The Kier molecular flexibility index (Phi) is 5.27. The van der Waals surface area contributed by atoms with E-state index in [4.69, 9.17) is 0 Å². The highest BCUT2D eigenvalue weighted by Crippen LogP contribution is 2.28. The second kappa shape index (κ2) is 7.63. The summed E-state index contributed by atoms with van der Waals surface area (Å²) in [5.74, 6) is -0.215. The number of hydrogen-bond donors (Lipinski definition) is 1. The van der Waals surface area contributed by atoms with E-state index in [-0.39, 0.29) is 22.9 Å². The fourth-order valence-electron chi connectivity index (χ4n) is 2.79. The average molecular weight is 383 g/mol. The number of rotatable bonds is 5. The van der Waals surface area contributed by atoms with Crippen molar-refractivity contribution in [3.05, 3.63) is 74.6 Å². The Morgan fingerprint density at radius 2 is 1.96 bits per heavy atom. The topological polar surface area (TPSA) is 94.2 Å². The van der Waals surface area contributed by atoms with Crippen molar-refractivity contribution in [2.45, 2.75) is 11.8 Å². The van der Waals surface area contributed by atoms with Crippen LogP contribution in [0.5, 0.6) is 0 Å². The number of hydrogen-bond acceptors (Lipinski definition) is 5. The first-order valence-electron chi connectivity index (χ1n) is 8.14. The maximum atomic E-state index is 12.3. The monoisotopic (exact) mass is 383 g/mol. The number of aryl methyl sites for hydroxylation is 1. The fourth-order valence-corrected chi connectivity index (χ4v) is 3.66. The predicted molar refractivity (Wildman–Crippen MR) is 106 cm³/mol. The molecule has 27 heavy (non-hydrogen) atoms. The number of anilines is 1. The maximum absolute atomic E-state index is 12.3. The van der Waals surface area contributed by atoms with Gasteiger partial charge in [-0.3, -0.25) is 19.7 Å². The Hall–Kier alpha value is -3.13. The third-order valence-corrected chi connectivity index (χ3v) is 5.31. The molecule has 1 amide bonds. The number of benzene rings is 2.